The number of para-hydroxylation sites is 2. The number of hydrogen-bond donors (Lipinski definition) is 0. The molecule has 0 fully saturated rings. The largest absolute Gasteiger partial charge is 0.309 e. The molecule has 0 bridgehead atoms. The van der Waals surface area contributed by atoms with Crippen molar-refractivity contribution >= 4 is 38.6 Å². The molecule has 0 unspecified atom stereocenters. The van der Waals surface area contributed by atoms with Crippen molar-refractivity contribution in [3.8, 4) is 44.5 Å². The molecule has 12 rings (SSSR count). The Hall–Kier alpha value is -8.26. The zero-order valence-electron chi connectivity index (χ0n) is 35.3. The van der Waals surface area contributed by atoms with E-state index in [1.807, 2.05) is 0 Å². The van der Waals surface area contributed by atoms with Crippen molar-refractivity contribution in [3.05, 3.63) is 283 Å². The van der Waals surface area contributed by atoms with E-state index >= 15 is 0 Å². The van der Waals surface area contributed by atoms with E-state index in [1.165, 1.54) is 77.2 Å². The van der Waals surface area contributed by atoms with E-state index in [1.54, 1.807) is 0 Å². The third-order valence-corrected chi connectivity index (χ3v) is 13.3. The van der Waals surface area contributed by atoms with Gasteiger partial charge in [0.2, 0.25) is 0 Å². The monoisotopic (exact) mass is 813 g/mol. The molecule has 1 nitrogen and oxygen atoms in total. The first kappa shape index (κ1) is 37.5. The average Bonchev–Trinajstić information content (AvgIpc) is 3.68. The maximum atomic E-state index is 2.50. The Morgan fingerprint density at radius 3 is 1.44 bits per heavy atom. The Labute approximate surface area is 374 Å². The number of nitrogens with zero attached hydrogens (tertiary/aromatic N) is 1. The van der Waals surface area contributed by atoms with Gasteiger partial charge in [0, 0.05) is 16.8 Å². The summed E-state index contributed by atoms with van der Waals surface area (Å²) in [5, 5.41) is 4.86. The van der Waals surface area contributed by atoms with Crippen LogP contribution in [0.25, 0.3) is 66.1 Å². The quantitative estimate of drug-likeness (QED) is 0.148. The van der Waals surface area contributed by atoms with E-state index < -0.39 is 5.41 Å². The van der Waals surface area contributed by atoms with Crippen LogP contribution in [0.4, 0.5) is 17.1 Å². The van der Waals surface area contributed by atoms with Gasteiger partial charge in [0.1, 0.15) is 0 Å². The van der Waals surface area contributed by atoms with Crippen LogP contribution in [0.5, 0.6) is 0 Å². The summed E-state index contributed by atoms with van der Waals surface area (Å²) in [6.07, 6.45) is 0. The molecule has 0 atom stereocenters. The first-order valence-corrected chi connectivity index (χ1v) is 22.2. The molecule has 11 aromatic carbocycles. The standard InChI is InChI=1S/C63H43N/c1-4-22-45(23-5-1)51-34-18-25-46-26-19-35-54(61(46)51)52-31-13-16-39-59(52)64(50-42-41-44-21-10-11-24-47(44)43-50)60-40-17-14-32-53(60)55-36-20-38-58-62(55)56-33-12-15-37-57(56)63(58,48-27-6-2-7-28-48)49-29-8-3-9-30-49/h1-43H. The number of benzene rings is 11. The fourth-order valence-corrected chi connectivity index (χ4v) is 10.7. The summed E-state index contributed by atoms with van der Waals surface area (Å²) >= 11 is 0. The highest BCUT2D eigenvalue weighted by atomic mass is 15.1. The van der Waals surface area contributed by atoms with Crippen molar-refractivity contribution in [2.45, 2.75) is 5.41 Å². The molecule has 1 aliphatic rings. The van der Waals surface area contributed by atoms with Gasteiger partial charge in [-0.25, -0.2) is 0 Å². The molecule has 1 aliphatic carbocycles. The molecular weight excluding hydrogens is 771 g/mol. The molecule has 0 spiro atoms. The first-order chi connectivity index (χ1) is 31.8. The second kappa shape index (κ2) is 15.6. The molecule has 11 aromatic rings. The van der Waals surface area contributed by atoms with Crippen molar-refractivity contribution in [1.29, 1.82) is 0 Å². The third kappa shape index (κ3) is 5.93. The van der Waals surface area contributed by atoms with E-state index in [2.05, 4.69) is 266 Å². The van der Waals surface area contributed by atoms with Gasteiger partial charge in [-0.3, -0.25) is 0 Å². The molecule has 64 heavy (non-hydrogen) atoms. The van der Waals surface area contributed by atoms with Gasteiger partial charge >= 0.3 is 0 Å². The number of rotatable bonds is 8. The van der Waals surface area contributed by atoms with Crippen LogP contribution in [0.3, 0.4) is 0 Å². The number of anilines is 3. The lowest BCUT2D eigenvalue weighted by Gasteiger charge is -2.34. The molecule has 0 radical (unpaired) electrons. The van der Waals surface area contributed by atoms with Crippen LogP contribution >= 0.6 is 0 Å². The molecule has 0 saturated carbocycles. The Morgan fingerprint density at radius 2 is 0.750 bits per heavy atom. The second-order valence-corrected chi connectivity index (χ2v) is 16.7. The summed E-state index contributed by atoms with van der Waals surface area (Å²) in [7, 11) is 0. The zero-order valence-corrected chi connectivity index (χ0v) is 35.3. The summed E-state index contributed by atoms with van der Waals surface area (Å²) in [4.78, 5) is 2.50. The predicted molar refractivity (Wildman–Crippen MR) is 270 cm³/mol. The minimum atomic E-state index is -0.505. The van der Waals surface area contributed by atoms with Gasteiger partial charge in [-0.1, -0.05) is 237 Å². The summed E-state index contributed by atoms with van der Waals surface area (Å²) in [5.41, 5.74) is 17.6. The topological polar surface area (TPSA) is 3.24 Å². The molecule has 0 saturated heterocycles. The van der Waals surface area contributed by atoms with Crippen molar-refractivity contribution in [1.82, 2.24) is 0 Å². The molecule has 1 heteroatoms. The minimum absolute atomic E-state index is 0.505. The van der Waals surface area contributed by atoms with Crippen molar-refractivity contribution in [3.63, 3.8) is 0 Å². The van der Waals surface area contributed by atoms with Gasteiger partial charge in [-0.15, -0.1) is 0 Å². The number of fused-ring (bicyclic) bond motifs is 5. The molecule has 0 aliphatic heterocycles. The van der Waals surface area contributed by atoms with Crippen LogP contribution in [-0.2, 0) is 5.41 Å². The van der Waals surface area contributed by atoms with Crippen LogP contribution in [0.1, 0.15) is 22.3 Å². The lowest BCUT2D eigenvalue weighted by Crippen LogP contribution is -2.28. The normalized spacial score (nSPS) is 12.5. The van der Waals surface area contributed by atoms with E-state index in [9.17, 15) is 0 Å². The fourth-order valence-electron chi connectivity index (χ4n) is 10.7. The van der Waals surface area contributed by atoms with Gasteiger partial charge < -0.3 is 4.90 Å². The summed E-state index contributed by atoms with van der Waals surface area (Å²) in [6, 6.07) is 96.0. The molecule has 0 aromatic heterocycles. The Kier molecular flexibility index (Phi) is 9.13. The minimum Gasteiger partial charge on any atom is -0.309 e. The van der Waals surface area contributed by atoms with Crippen molar-refractivity contribution in [2.75, 3.05) is 4.90 Å². The zero-order chi connectivity index (χ0) is 42.5. The Balaban J connectivity index is 1.14. The molecule has 300 valence electrons. The van der Waals surface area contributed by atoms with Gasteiger partial charge in [0.15, 0.2) is 0 Å². The average molecular weight is 814 g/mol. The number of hydrogen-bond acceptors (Lipinski definition) is 1. The van der Waals surface area contributed by atoms with E-state index in [-0.39, 0.29) is 0 Å². The molecule has 0 amide bonds. The lowest BCUT2D eigenvalue weighted by molar-refractivity contribution is 0.768. The van der Waals surface area contributed by atoms with Crippen molar-refractivity contribution in [2.24, 2.45) is 0 Å². The summed E-state index contributed by atoms with van der Waals surface area (Å²) in [6.45, 7) is 0. The van der Waals surface area contributed by atoms with Crippen LogP contribution in [-0.4, -0.2) is 0 Å². The van der Waals surface area contributed by atoms with Gasteiger partial charge in [-0.05, 0) is 101 Å². The summed E-state index contributed by atoms with van der Waals surface area (Å²) < 4.78 is 0. The lowest BCUT2D eigenvalue weighted by atomic mass is 9.67. The van der Waals surface area contributed by atoms with Crippen molar-refractivity contribution < 1.29 is 0 Å². The van der Waals surface area contributed by atoms with Crippen LogP contribution in [0.15, 0.2) is 261 Å². The van der Waals surface area contributed by atoms with Crippen LogP contribution in [0.2, 0.25) is 0 Å². The SMILES string of the molecule is c1ccc(-c2cccc3cccc(-c4ccccc4N(c4ccc5ccccc5c4)c4ccccc4-c4cccc5c4-c4ccccc4C5(c4ccccc4)c4ccccc4)c23)cc1. The molecule has 0 heterocycles. The molecule has 0 N–H and O–H groups in total. The maximum absolute atomic E-state index is 2.50. The van der Waals surface area contributed by atoms with Crippen LogP contribution in [0, 0.1) is 0 Å². The summed E-state index contributed by atoms with van der Waals surface area (Å²) in [5.74, 6) is 0. The highest BCUT2D eigenvalue weighted by Crippen LogP contribution is 2.59. The fraction of sp³-hybridized carbons (Fsp3) is 0.0159. The van der Waals surface area contributed by atoms with Gasteiger partial charge in [-0.2, -0.15) is 0 Å². The molecular formula is C63H43N. The van der Waals surface area contributed by atoms with E-state index in [0.29, 0.717) is 0 Å². The Bertz CT molecular complexity index is 3450. The predicted octanol–water partition coefficient (Wildman–Crippen LogP) is 16.8. The van der Waals surface area contributed by atoms with E-state index in [0.717, 1.165) is 28.2 Å². The van der Waals surface area contributed by atoms with Gasteiger partial charge in [0.25, 0.3) is 0 Å². The highest BCUT2D eigenvalue weighted by Gasteiger charge is 2.47. The maximum Gasteiger partial charge on any atom is 0.0713 e. The van der Waals surface area contributed by atoms with Crippen LogP contribution < -0.4 is 4.90 Å². The van der Waals surface area contributed by atoms with E-state index in [4.69, 9.17) is 0 Å². The van der Waals surface area contributed by atoms with Gasteiger partial charge in [0.05, 0.1) is 16.8 Å². The Morgan fingerprint density at radius 1 is 0.281 bits per heavy atom. The highest BCUT2D eigenvalue weighted by molar-refractivity contribution is 6.10. The first-order valence-electron chi connectivity index (χ1n) is 22.2. The third-order valence-electron chi connectivity index (χ3n) is 13.3. The second-order valence-electron chi connectivity index (χ2n) is 16.7. The smallest absolute Gasteiger partial charge is 0.0713 e.